The number of esters is 1. The number of rotatable bonds is 7. The molecular weight excluding hydrogens is 364 g/mol. The highest BCUT2D eigenvalue weighted by Crippen LogP contribution is 2.25. The van der Waals surface area contributed by atoms with Crippen molar-refractivity contribution >= 4 is 33.4 Å². The van der Waals surface area contributed by atoms with Crippen LogP contribution in [-0.2, 0) is 26.2 Å². The molecule has 0 unspecified atom stereocenters. The summed E-state index contributed by atoms with van der Waals surface area (Å²) in [7, 11) is -0.978. The number of aromatic nitrogens is 1. The monoisotopic (exact) mass is 382 g/mol. The quantitative estimate of drug-likeness (QED) is 0.582. The molecule has 1 aromatic heterocycles. The van der Waals surface area contributed by atoms with Gasteiger partial charge in [-0.3, -0.25) is 0 Å². The molecule has 0 spiro atoms. The number of nitrogens with zero attached hydrogens (tertiary/aromatic N) is 1. The number of carbonyl (C=O) groups excluding carboxylic acids is 1. The molecule has 0 saturated heterocycles. The van der Waals surface area contributed by atoms with Crippen LogP contribution in [-0.4, -0.2) is 33.5 Å². The Morgan fingerprint density at radius 2 is 2.16 bits per heavy atom. The van der Waals surface area contributed by atoms with E-state index in [9.17, 15) is 13.2 Å². The van der Waals surface area contributed by atoms with E-state index in [-0.39, 0.29) is 17.3 Å². The second kappa shape index (κ2) is 8.24. The van der Waals surface area contributed by atoms with E-state index >= 15 is 0 Å². The van der Waals surface area contributed by atoms with Crippen LogP contribution < -0.4 is 9.46 Å². The Bertz CT molecular complexity index is 888. The van der Waals surface area contributed by atoms with Crippen LogP contribution in [0.4, 0.5) is 0 Å². The summed E-state index contributed by atoms with van der Waals surface area (Å²) in [6.07, 6.45) is 2.71. The summed E-state index contributed by atoms with van der Waals surface area (Å²) in [5, 5.41) is 2.73. The first-order chi connectivity index (χ1) is 11.9. The number of methoxy groups -OCH3 is 1. The lowest BCUT2D eigenvalue weighted by atomic mass is 10.2. The van der Waals surface area contributed by atoms with Crippen molar-refractivity contribution in [1.82, 2.24) is 9.71 Å². The number of nitrogens with one attached hydrogen (secondary N) is 1. The number of hydrogen-bond donors (Lipinski definition) is 1. The van der Waals surface area contributed by atoms with Gasteiger partial charge in [0, 0.05) is 11.5 Å². The van der Waals surface area contributed by atoms with Gasteiger partial charge in [-0.25, -0.2) is 22.9 Å². The third-order valence-electron chi connectivity index (χ3n) is 3.19. The first kappa shape index (κ1) is 19.1. The second-order valence-corrected chi connectivity index (χ2v) is 7.83. The van der Waals surface area contributed by atoms with Gasteiger partial charge in [-0.1, -0.05) is 6.07 Å². The van der Waals surface area contributed by atoms with Crippen LogP contribution in [0, 0.1) is 6.92 Å². The number of sulfonamides is 1. The van der Waals surface area contributed by atoms with E-state index in [1.165, 1.54) is 49.8 Å². The lowest BCUT2D eigenvalue weighted by Crippen LogP contribution is -2.19. The molecule has 0 amide bonds. The van der Waals surface area contributed by atoms with Gasteiger partial charge in [0.25, 0.3) is 0 Å². The molecule has 0 bridgehead atoms. The minimum absolute atomic E-state index is 0.00837. The fraction of sp³-hybridized carbons (Fsp3) is 0.250. The summed E-state index contributed by atoms with van der Waals surface area (Å²) in [6.45, 7) is 1.96. The number of aryl methyl sites for hydroxylation is 1. The Kier molecular flexibility index (Phi) is 6.29. The minimum atomic E-state index is -3.68. The lowest BCUT2D eigenvalue weighted by molar-refractivity contribution is -0.139. The first-order valence-electron chi connectivity index (χ1n) is 7.23. The third kappa shape index (κ3) is 5.12. The molecular formula is C16H18N2O5S2. The largest absolute Gasteiger partial charge is 0.495 e. The highest BCUT2D eigenvalue weighted by molar-refractivity contribution is 7.89. The van der Waals surface area contributed by atoms with Gasteiger partial charge in [-0.05, 0) is 37.7 Å². The van der Waals surface area contributed by atoms with Gasteiger partial charge < -0.3 is 9.47 Å². The summed E-state index contributed by atoms with van der Waals surface area (Å²) >= 11 is 1.48. The van der Waals surface area contributed by atoms with Gasteiger partial charge in [0.05, 0.1) is 17.8 Å². The highest BCUT2D eigenvalue weighted by Gasteiger charge is 2.17. The minimum Gasteiger partial charge on any atom is -0.495 e. The third-order valence-corrected chi connectivity index (χ3v) is 5.44. The van der Waals surface area contributed by atoms with Gasteiger partial charge in [0.2, 0.25) is 10.0 Å². The van der Waals surface area contributed by atoms with E-state index in [1.807, 2.05) is 12.3 Å². The number of ether oxygens (including phenoxy) is 2. The van der Waals surface area contributed by atoms with Crippen LogP contribution in [0.2, 0.25) is 0 Å². The molecule has 1 N–H and O–H groups in total. The summed E-state index contributed by atoms with van der Waals surface area (Å²) in [4.78, 5) is 16.0. The predicted octanol–water partition coefficient (Wildman–Crippen LogP) is 2.12. The van der Waals surface area contributed by atoms with Gasteiger partial charge in [-0.2, -0.15) is 0 Å². The maximum Gasteiger partial charge on any atom is 0.331 e. The molecule has 0 radical (unpaired) electrons. The Morgan fingerprint density at radius 3 is 2.76 bits per heavy atom. The van der Waals surface area contributed by atoms with E-state index in [0.29, 0.717) is 11.3 Å². The van der Waals surface area contributed by atoms with Crippen molar-refractivity contribution < 1.29 is 22.7 Å². The summed E-state index contributed by atoms with van der Waals surface area (Å²) in [5.41, 5.74) is 1.21. The molecule has 0 aliphatic heterocycles. The number of hydrogen-bond acceptors (Lipinski definition) is 7. The van der Waals surface area contributed by atoms with Crippen molar-refractivity contribution in [3.05, 3.63) is 45.9 Å². The molecule has 0 fully saturated rings. The van der Waals surface area contributed by atoms with E-state index in [0.717, 1.165) is 5.01 Å². The van der Waals surface area contributed by atoms with Crippen molar-refractivity contribution in [3.63, 3.8) is 0 Å². The lowest BCUT2D eigenvalue weighted by Gasteiger charge is -2.09. The number of benzene rings is 1. The van der Waals surface area contributed by atoms with E-state index in [2.05, 4.69) is 9.71 Å². The van der Waals surface area contributed by atoms with Crippen LogP contribution in [0.3, 0.4) is 0 Å². The zero-order valence-electron chi connectivity index (χ0n) is 14.0. The molecule has 0 aliphatic carbocycles. The summed E-state index contributed by atoms with van der Waals surface area (Å²) in [6, 6.07) is 4.58. The molecule has 25 heavy (non-hydrogen) atoms. The predicted molar refractivity (Wildman–Crippen MR) is 94.9 cm³/mol. The van der Waals surface area contributed by atoms with Crippen molar-refractivity contribution in [1.29, 1.82) is 0 Å². The summed E-state index contributed by atoms with van der Waals surface area (Å²) < 4.78 is 36.4. The molecule has 2 rings (SSSR count). The topological polar surface area (TPSA) is 94.6 Å². The van der Waals surface area contributed by atoms with Gasteiger partial charge in [0.1, 0.15) is 17.3 Å². The fourth-order valence-corrected chi connectivity index (χ4v) is 3.47. The van der Waals surface area contributed by atoms with Crippen LogP contribution in [0.5, 0.6) is 5.75 Å². The SMILES string of the molecule is CNS(=O)(=O)c1cc(/C=C/C(=O)OCc2csc(C)n2)ccc1OC. The standard InChI is InChI=1S/C16H18N2O5S2/c1-11-18-13(10-24-11)9-23-16(19)7-5-12-4-6-14(22-3)15(8-12)25(20,21)17-2/h4-8,10,17H,9H2,1-3H3/b7-5+. The van der Waals surface area contributed by atoms with Crippen LogP contribution >= 0.6 is 11.3 Å². The maximum absolute atomic E-state index is 12.0. The summed E-state index contributed by atoms with van der Waals surface area (Å²) in [5.74, 6) is -0.326. The number of thiazole rings is 1. The van der Waals surface area contributed by atoms with E-state index in [4.69, 9.17) is 9.47 Å². The molecule has 1 heterocycles. The molecule has 9 heteroatoms. The van der Waals surface area contributed by atoms with Crippen LogP contribution in [0.1, 0.15) is 16.3 Å². The molecule has 134 valence electrons. The smallest absolute Gasteiger partial charge is 0.331 e. The molecule has 7 nitrogen and oxygen atoms in total. The normalized spacial score (nSPS) is 11.6. The van der Waals surface area contributed by atoms with Gasteiger partial charge >= 0.3 is 5.97 Å². The Balaban J connectivity index is 2.09. The average Bonchev–Trinajstić information content (AvgIpc) is 3.03. The van der Waals surface area contributed by atoms with Crippen LogP contribution in [0.25, 0.3) is 6.08 Å². The van der Waals surface area contributed by atoms with E-state index in [1.54, 1.807) is 6.07 Å². The Morgan fingerprint density at radius 1 is 1.40 bits per heavy atom. The van der Waals surface area contributed by atoms with Crippen molar-refractivity contribution in [2.24, 2.45) is 0 Å². The van der Waals surface area contributed by atoms with Crippen LogP contribution in [0.15, 0.2) is 34.6 Å². The van der Waals surface area contributed by atoms with Crippen molar-refractivity contribution in [2.75, 3.05) is 14.2 Å². The Labute approximate surface area is 150 Å². The second-order valence-electron chi connectivity index (χ2n) is 4.92. The molecule has 0 atom stereocenters. The highest BCUT2D eigenvalue weighted by atomic mass is 32.2. The van der Waals surface area contributed by atoms with E-state index < -0.39 is 16.0 Å². The van der Waals surface area contributed by atoms with Gasteiger partial charge in [0.15, 0.2) is 0 Å². The molecule has 1 aromatic carbocycles. The molecule has 0 saturated carbocycles. The number of carbonyl (C=O) groups is 1. The molecule has 2 aromatic rings. The average molecular weight is 382 g/mol. The first-order valence-corrected chi connectivity index (χ1v) is 9.59. The Hall–Kier alpha value is -2.23. The van der Waals surface area contributed by atoms with Crippen molar-refractivity contribution in [2.45, 2.75) is 18.4 Å². The van der Waals surface area contributed by atoms with Gasteiger partial charge in [-0.15, -0.1) is 11.3 Å². The zero-order chi connectivity index (χ0) is 18.4. The molecule has 0 aliphatic rings. The fourth-order valence-electron chi connectivity index (χ4n) is 1.95. The zero-order valence-corrected chi connectivity index (χ0v) is 15.6. The van der Waals surface area contributed by atoms with Crippen molar-refractivity contribution in [3.8, 4) is 5.75 Å². The maximum atomic E-state index is 12.0.